The number of benzene rings is 1. The number of nitrogens with one attached hydrogen (secondary N) is 1. The molecule has 2 unspecified atom stereocenters. The third kappa shape index (κ3) is 7.07. The summed E-state index contributed by atoms with van der Waals surface area (Å²) >= 11 is 0. The molecule has 2 aliphatic rings. The summed E-state index contributed by atoms with van der Waals surface area (Å²) in [6, 6.07) is 8.09. The molecule has 0 bridgehead atoms. The quantitative estimate of drug-likeness (QED) is 0.328. The molecule has 1 aliphatic carbocycles. The minimum atomic E-state index is -1.28. The molecule has 2 atom stereocenters. The van der Waals surface area contributed by atoms with Crippen LogP contribution in [0.25, 0.3) is 0 Å². The smallest absolute Gasteiger partial charge is 0.550 e. The van der Waals surface area contributed by atoms with Crippen LogP contribution in [0.1, 0.15) is 55.1 Å². The molecule has 1 aromatic carbocycles. The third-order valence-corrected chi connectivity index (χ3v) is 6.15. The Morgan fingerprint density at radius 1 is 1.24 bits per heavy atom. The Balaban J connectivity index is 0.00000306. The first kappa shape index (κ1) is 25.8. The van der Waals surface area contributed by atoms with Crippen molar-refractivity contribution in [1.82, 2.24) is 30.4 Å². The van der Waals surface area contributed by atoms with E-state index in [1.54, 1.807) is 4.68 Å². The van der Waals surface area contributed by atoms with E-state index in [1.807, 2.05) is 17.0 Å². The van der Waals surface area contributed by atoms with Crippen LogP contribution in [0.4, 0.5) is 0 Å². The van der Waals surface area contributed by atoms with Gasteiger partial charge in [0.25, 0.3) is 0 Å². The van der Waals surface area contributed by atoms with Crippen molar-refractivity contribution in [3.05, 3.63) is 41.2 Å². The number of aryl methyl sites for hydroxylation is 1. The molecule has 4 rings (SSSR count). The topological polar surface area (TPSA) is 136 Å². The summed E-state index contributed by atoms with van der Waals surface area (Å²) in [6.07, 6.45) is 2.53. The minimum Gasteiger partial charge on any atom is -0.550 e. The van der Waals surface area contributed by atoms with Gasteiger partial charge in [-0.15, -0.1) is 5.10 Å². The van der Waals surface area contributed by atoms with Crippen molar-refractivity contribution in [2.24, 2.45) is 5.92 Å². The number of carbonyl (C=O) groups excluding carboxylic acids is 2. The Morgan fingerprint density at radius 3 is 2.73 bits per heavy atom. The predicted octanol–water partition coefficient (Wildman–Crippen LogP) is -3.42. The molecule has 10 nitrogen and oxygen atoms in total. The number of hydrogen-bond acceptors (Lipinski definition) is 8. The fourth-order valence-corrected chi connectivity index (χ4v) is 4.27. The Bertz CT molecular complexity index is 950. The van der Waals surface area contributed by atoms with E-state index >= 15 is 0 Å². The number of aromatic nitrogens is 4. The number of aliphatic hydroxyl groups excluding tert-OH is 1. The summed E-state index contributed by atoms with van der Waals surface area (Å²) in [6.45, 7) is 2.04. The molecule has 11 heteroatoms. The van der Waals surface area contributed by atoms with Gasteiger partial charge in [0.05, 0.1) is 12.1 Å². The number of amides is 1. The van der Waals surface area contributed by atoms with Gasteiger partial charge in [0.15, 0.2) is 5.82 Å². The predicted molar refractivity (Wildman–Crippen MR) is 112 cm³/mol. The van der Waals surface area contributed by atoms with E-state index in [0.717, 1.165) is 25.8 Å². The van der Waals surface area contributed by atoms with E-state index in [2.05, 4.69) is 33.0 Å². The Morgan fingerprint density at radius 2 is 2.00 bits per heavy atom. The van der Waals surface area contributed by atoms with Crippen molar-refractivity contribution in [1.29, 1.82) is 0 Å². The summed E-state index contributed by atoms with van der Waals surface area (Å²) in [4.78, 5) is 25.3. The first-order valence-electron chi connectivity index (χ1n) is 11.2. The van der Waals surface area contributed by atoms with Crippen LogP contribution in [0.5, 0.6) is 0 Å². The zero-order valence-corrected chi connectivity index (χ0v) is 21.0. The summed E-state index contributed by atoms with van der Waals surface area (Å²) < 4.78 is 1.71. The molecule has 1 aromatic heterocycles. The van der Waals surface area contributed by atoms with Gasteiger partial charge in [0.2, 0.25) is 5.91 Å². The van der Waals surface area contributed by atoms with E-state index < -0.39 is 18.5 Å². The maximum atomic E-state index is 12.7. The van der Waals surface area contributed by atoms with E-state index in [1.165, 1.54) is 11.1 Å². The molecule has 2 N–H and O–H groups in total. The van der Waals surface area contributed by atoms with Crippen LogP contribution in [-0.4, -0.2) is 61.3 Å². The number of aliphatic carboxylic acids is 1. The molecule has 0 spiro atoms. The van der Waals surface area contributed by atoms with Gasteiger partial charge >= 0.3 is 29.6 Å². The molecule has 0 radical (unpaired) electrons. The van der Waals surface area contributed by atoms with E-state index in [4.69, 9.17) is 0 Å². The zero-order chi connectivity index (χ0) is 22.5. The second-order valence-electron chi connectivity index (χ2n) is 8.65. The second-order valence-corrected chi connectivity index (χ2v) is 8.65. The molecule has 2 heterocycles. The number of aliphatic hydroxyl groups is 1. The van der Waals surface area contributed by atoms with Crippen molar-refractivity contribution in [2.75, 3.05) is 13.1 Å². The molecule has 33 heavy (non-hydrogen) atoms. The van der Waals surface area contributed by atoms with Crippen molar-refractivity contribution in [3.8, 4) is 0 Å². The van der Waals surface area contributed by atoms with Gasteiger partial charge in [-0.25, -0.2) is 4.68 Å². The van der Waals surface area contributed by atoms with Crippen LogP contribution in [0, 0.1) is 5.92 Å². The van der Waals surface area contributed by atoms with Gasteiger partial charge < -0.3 is 25.2 Å². The Hall–Kier alpha value is -1.85. The molecule has 1 fully saturated rings. The van der Waals surface area contributed by atoms with Crippen LogP contribution < -0.4 is 40.0 Å². The van der Waals surface area contributed by atoms with Gasteiger partial charge in [-0.05, 0) is 53.2 Å². The maximum Gasteiger partial charge on any atom is 1.00 e. The number of carboxylic acids is 1. The van der Waals surface area contributed by atoms with Crippen molar-refractivity contribution in [3.63, 3.8) is 0 Å². The van der Waals surface area contributed by atoms with Gasteiger partial charge in [-0.3, -0.25) is 4.79 Å². The molecule has 1 saturated carbocycles. The number of nitrogens with zero attached hydrogens (tertiary/aromatic N) is 5. The van der Waals surface area contributed by atoms with Crippen LogP contribution in [-0.2, 0) is 29.1 Å². The summed E-state index contributed by atoms with van der Waals surface area (Å²) in [5.74, 6) is -0.136. The van der Waals surface area contributed by atoms with Gasteiger partial charge in [0, 0.05) is 45.0 Å². The number of rotatable bonds is 11. The summed E-state index contributed by atoms with van der Waals surface area (Å²) in [5.41, 5.74) is 2.53. The largest absolute Gasteiger partial charge is 1.00 e. The monoisotopic (exact) mass is 464 g/mol. The first-order chi connectivity index (χ1) is 15.5. The number of hydrogen-bond donors (Lipinski definition) is 2. The maximum absolute atomic E-state index is 12.7. The molecular formula is C22H29N6NaO4. The minimum absolute atomic E-state index is 0. The summed E-state index contributed by atoms with van der Waals surface area (Å²) in [5, 5.41) is 35.8. The fraction of sp³-hybridized carbons (Fsp3) is 0.591. The fourth-order valence-electron chi connectivity index (χ4n) is 4.27. The molecule has 0 saturated heterocycles. The Kier molecular flexibility index (Phi) is 9.39. The van der Waals surface area contributed by atoms with Crippen molar-refractivity contribution >= 4 is 11.9 Å². The average Bonchev–Trinajstić information content (AvgIpc) is 3.51. The van der Waals surface area contributed by atoms with Crippen LogP contribution in [0.2, 0.25) is 0 Å². The van der Waals surface area contributed by atoms with E-state index in [9.17, 15) is 19.8 Å². The molecule has 172 valence electrons. The SMILES string of the molecule is O=C([O-])CC(O)CNC(c1nnnn1CCCC(=O)N1CCc2ccccc2C1)C1CC1.[Na+]. The van der Waals surface area contributed by atoms with E-state index in [-0.39, 0.29) is 48.1 Å². The number of carboxylic acid groups (broad SMARTS) is 1. The van der Waals surface area contributed by atoms with Gasteiger partial charge in [-0.1, -0.05) is 24.3 Å². The Labute approximate surface area is 215 Å². The van der Waals surface area contributed by atoms with Crippen molar-refractivity contribution in [2.45, 2.75) is 63.8 Å². The number of fused-ring (bicyclic) bond motifs is 1. The van der Waals surface area contributed by atoms with Gasteiger partial charge in [0.1, 0.15) is 0 Å². The molecule has 1 aliphatic heterocycles. The molecular weight excluding hydrogens is 435 g/mol. The summed E-state index contributed by atoms with van der Waals surface area (Å²) in [7, 11) is 0. The third-order valence-electron chi connectivity index (χ3n) is 6.15. The zero-order valence-electron chi connectivity index (χ0n) is 19.0. The number of carbonyl (C=O) groups is 2. The van der Waals surface area contributed by atoms with Crippen molar-refractivity contribution < 1.29 is 49.4 Å². The van der Waals surface area contributed by atoms with E-state index in [0.29, 0.717) is 37.7 Å². The standard InChI is InChI=1S/C22H30N6O4.Na/c29-18(12-20(31)32)13-23-21(16-7-8-16)22-24-25-26-28(22)10-3-6-19(30)27-11-9-15-4-1-2-5-17(15)14-27;/h1-2,4-5,16,18,21,23,29H,3,6-14H2,(H,31,32);/q;+1/p-1. The van der Waals surface area contributed by atoms with Crippen LogP contribution >= 0.6 is 0 Å². The average molecular weight is 465 g/mol. The normalized spacial score (nSPS) is 17.1. The first-order valence-corrected chi connectivity index (χ1v) is 11.2. The van der Waals surface area contributed by atoms with Crippen LogP contribution in [0.15, 0.2) is 24.3 Å². The molecule has 1 amide bonds. The van der Waals surface area contributed by atoms with Gasteiger partial charge in [-0.2, -0.15) is 0 Å². The number of tetrazole rings is 1. The second kappa shape index (κ2) is 12.0. The van der Waals surface area contributed by atoms with Crippen LogP contribution in [0.3, 0.4) is 0 Å². The molecule has 2 aromatic rings.